The minimum Gasteiger partial charge on any atom is -0.454 e. The molecule has 24 heavy (non-hydrogen) atoms. The Labute approximate surface area is 144 Å². The van der Waals surface area contributed by atoms with E-state index in [4.69, 9.17) is 16.0 Å². The highest BCUT2D eigenvalue weighted by atomic mass is 35.5. The number of halogens is 1. The van der Waals surface area contributed by atoms with Crippen molar-refractivity contribution in [3.63, 3.8) is 0 Å². The van der Waals surface area contributed by atoms with Crippen LogP contribution in [0.2, 0.25) is 5.02 Å². The second-order valence-electron chi connectivity index (χ2n) is 5.81. The number of rotatable bonds is 3. The highest BCUT2D eigenvalue weighted by molar-refractivity contribution is 6.30. The third-order valence-electron chi connectivity index (χ3n) is 4.15. The highest BCUT2D eigenvalue weighted by Crippen LogP contribution is 2.28. The number of anilines is 1. The molecule has 0 fully saturated rings. The molecule has 1 aliphatic heterocycles. The summed E-state index contributed by atoms with van der Waals surface area (Å²) in [5.41, 5.74) is 2.18. The molecule has 1 aliphatic rings. The first kappa shape index (κ1) is 15.0. The molecular formula is C18H16ClN3O2. The zero-order valence-corrected chi connectivity index (χ0v) is 13.7. The average molecular weight is 342 g/mol. The third kappa shape index (κ3) is 2.83. The molecule has 1 amide bonds. The fourth-order valence-electron chi connectivity index (χ4n) is 3.04. The fourth-order valence-corrected chi connectivity index (χ4v) is 3.20. The molecular weight excluding hydrogens is 326 g/mol. The van der Waals surface area contributed by atoms with Crippen molar-refractivity contribution in [3.05, 3.63) is 70.9 Å². The molecule has 0 aliphatic carbocycles. The first-order valence-corrected chi connectivity index (χ1v) is 8.25. The number of para-hydroxylation sites is 1. The molecule has 122 valence electrons. The molecule has 0 atom stereocenters. The summed E-state index contributed by atoms with van der Waals surface area (Å²) in [7, 11) is 0. The van der Waals surface area contributed by atoms with Crippen LogP contribution in [-0.4, -0.2) is 22.2 Å². The van der Waals surface area contributed by atoms with Gasteiger partial charge in [-0.2, -0.15) is 5.10 Å². The molecule has 0 radical (unpaired) electrons. The monoisotopic (exact) mass is 341 g/mol. The van der Waals surface area contributed by atoms with E-state index in [1.54, 1.807) is 34.1 Å². The number of furan rings is 1. The highest BCUT2D eigenvalue weighted by Gasteiger charge is 2.25. The Morgan fingerprint density at radius 2 is 2.12 bits per heavy atom. The normalized spacial score (nSPS) is 13.8. The number of nitrogens with zero attached hydrogens (tertiary/aromatic N) is 3. The maximum Gasteiger partial charge on any atom is 0.293 e. The molecule has 0 spiro atoms. The number of carbonyl (C=O) groups is 1. The number of hydrogen-bond donors (Lipinski definition) is 0. The van der Waals surface area contributed by atoms with Gasteiger partial charge in [0, 0.05) is 18.4 Å². The van der Waals surface area contributed by atoms with Crippen LogP contribution in [0.3, 0.4) is 0 Å². The zero-order valence-electron chi connectivity index (χ0n) is 13.0. The second kappa shape index (κ2) is 6.17. The number of fused-ring (bicyclic) bond motifs is 1. The van der Waals surface area contributed by atoms with Crippen molar-refractivity contribution in [2.45, 2.75) is 19.4 Å². The van der Waals surface area contributed by atoms with Gasteiger partial charge in [-0.15, -0.1) is 0 Å². The van der Waals surface area contributed by atoms with Crippen molar-refractivity contribution >= 4 is 23.2 Å². The van der Waals surface area contributed by atoms with Gasteiger partial charge in [-0.05, 0) is 36.6 Å². The molecule has 0 saturated heterocycles. The van der Waals surface area contributed by atoms with Gasteiger partial charge in [0.25, 0.3) is 5.91 Å². The summed E-state index contributed by atoms with van der Waals surface area (Å²) in [6, 6.07) is 11.6. The summed E-state index contributed by atoms with van der Waals surface area (Å²) in [4.78, 5) is 14.6. The molecule has 0 unspecified atom stereocenters. The molecule has 0 N–H and O–H groups in total. The Bertz CT molecular complexity index is 884. The van der Waals surface area contributed by atoms with E-state index in [1.807, 2.05) is 18.2 Å². The molecule has 5 nitrogen and oxygen atoms in total. The minimum absolute atomic E-state index is 0.105. The van der Waals surface area contributed by atoms with Crippen LogP contribution in [0.15, 0.2) is 53.2 Å². The molecule has 3 aromatic rings. The zero-order chi connectivity index (χ0) is 16.5. The van der Waals surface area contributed by atoms with Crippen molar-refractivity contribution in [3.8, 4) is 0 Å². The summed E-state index contributed by atoms with van der Waals surface area (Å²) in [6.45, 7) is 1.15. The predicted molar refractivity (Wildman–Crippen MR) is 91.5 cm³/mol. The molecule has 1 aromatic carbocycles. The summed E-state index contributed by atoms with van der Waals surface area (Å²) >= 11 is 5.86. The summed E-state index contributed by atoms with van der Waals surface area (Å²) < 4.78 is 7.40. The molecule has 2 aromatic heterocycles. The Kier molecular flexibility index (Phi) is 3.86. The van der Waals surface area contributed by atoms with Crippen LogP contribution >= 0.6 is 11.6 Å². The lowest BCUT2D eigenvalue weighted by Gasteiger charge is -2.28. The number of benzene rings is 1. The van der Waals surface area contributed by atoms with Crippen LogP contribution in [0.5, 0.6) is 0 Å². The molecule has 4 rings (SSSR count). The van der Waals surface area contributed by atoms with E-state index in [-0.39, 0.29) is 5.91 Å². The molecule has 0 saturated carbocycles. The third-order valence-corrected chi connectivity index (χ3v) is 4.34. The van der Waals surface area contributed by atoms with Crippen molar-refractivity contribution in [2.24, 2.45) is 0 Å². The quantitative estimate of drug-likeness (QED) is 0.728. The lowest BCUT2D eigenvalue weighted by molar-refractivity contribution is 0.0956. The first-order chi connectivity index (χ1) is 11.7. The van der Waals surface area contributed by atoms with Gasteiger partial charge >= 0.3 is 0 Å². The SMILES string of the molecule is O=C(c1ccc(Cn2cc(Cl)cn2)o1)N1CCCc2ccccc21. The fraction of sp³-hybridized carbons (Fsp3) is 0.222. The summed E-state index contributed by atoms with van der Waals surface area (Å²) in [5, 5.41) is 4.69. The maximum atomic E-state index is 12.8. The van der Waals surface area contributed by atoms with Crippen molar-refractivity contribution in [2.75, 3.05) is 11.4 Å². The Hall–Kier alpha value is -2.53. The van der Waals surface area contributed by atoms with Crippen LogP contribution in [0, 0.1) is 0 Å². The van der Waals surface area contributed by atoms with Crippen LogP contribution in [0.4, 0.5) is 5.69 Å². The van der Waals surface area contributed by atoms with E-state index >= 15 is 0 Å². The Morgan fingerprint density at radius 3 is 2.96 bits per heavy atom. The smallest absolute Gasteiger partial charge is 0.293 e. The number of aryl methyl sites for hydroxylation is 1. The van der Waals surface area contributed by atoms with E-state index in [0.29, 0.717) is 29.6 Å². The standard InChI is InChI=1S/C18H16ClN3O2/c19-14-10-20-21(11-14)12-15-7-8-17(24-15)18(23)22-9-3-5-13-4-1-2-6-16(13)22/h1-2,4,6-8,10-11H,3,5,9,12H2. The lowest BCUT2D eigenvalue weighted by Crippen LogP contribution is -2.35. The van der Waals surface area contributed by atoms with E-state index in [9.17, 15) is 4.79 Å². The number of hydrogen-bond acceptors (Lipinski definition) is 3. The van der Waals surface area contributed by atoms with E-state index in [1.165, 1.54) is 5.56 Å². The van der Waals surface area contributed by atoms with Crippen molar-refractivity contribution in [1.82, 2.24) is 9.78 Å². The molecule has 6 heteroatoms. The second-order valence-corrected chi connectivity index (χ2v) is 6.25. The lowest BCUT2D eigenvalue weighted by atomic mass is 10.0. The van der Waals surface area contributed by atoms with Crippen LogP contribution < -0.4 is 4.90 Å². The van der Waals surface area contributed by atoms with Gasteiger partial charge in [0.2, 0.25) is 0 Å². The summed E-state index contributed by atoms with van der Waals surface area (Å²) in [5.74, 6) is 0.912. The summed E-state index contributed by atoms with van der Waals surface area (Å²) in [6.07, 6.45) is 5.25. The van der Waals surface area contributed by atoms with Crippen LogP contribution in [0.1, 0.15) is 28.3 Å². The number of carbonyl (C=O) groups excluding carboxylic acids is 1. The van der Waals surface area contributed by atoms with Gasteiger partial charge in [-0.1, -0.05) is 29.8 Å². The predicted octanol–water partition coefficient (Wildman–Crippen LogP) is 3.77. The van der Waals surface area contributed by atoms with E-state index < -0.39 is 0 Å². The van der Waals surface area contributed by atoms with Gasteiger partial charge in [0.1, 0.15) is 5.76 Å². The van der Waals surface area contributed by atoms with Crippen molar-refractivity contribution < 1.29 is 9.21 Å². The Balaban J connectivity index is 1.55. The van der Waals surface area contributed by atoms with Gasteiger partial charge < -0.3 is 9.32 Å². The van der Waals surface area contributed by atoms with E-state index in [2.05, 4.69) is 11.2 Å². The minimum atomic E-state index is -0.105. The van der Waals surface area contributed by atoms with Gasteiger partial charge in [0.15, 0.2) is 5.76 Å². The molecule has 0 bridgehead atoms. The Morgan fingerprint density at radius 1 is 1.25 bits per heavy atom. The van der Waals surface area contributed by atoms with Gasteiger partial charge in [0.05, 0.1) is 17.8 Å². The van der Waals surface area contributed by atoms with E-state index in [0.717, 1.165) is 18.5 Å². The largest absolute Gasteiger partial charge is 0.454 e. The van der Waals surface area contributed by atoms with Crippen LogP contribution in [0.25, 0.3) is 0 Å². The topological polar surface area (TPSA) is 51.3 Å². The first-order valence-electron chi connectivity index (χ1n) is 7.87. The molecule has 3 heterocycles. The number of aromatic nitrogens is 2. The van der Waals surface area contributed by atoms with Crippen LogP contribution in [-0.2, 0) is 13.0 Å². The van der Waals surface area contributed by atoms with Crippen molar-refractivity contribution in [1.29, 1.82) is 0 Å². The van der Waals surface area contributed by atoms with Gasteiger partial charge in [-0.3, -0.25) is 9.48 Å². The number of amides is 1. The van der Waals surface area contributed by atoms with Gasteiger partial charge in [-0.25, -0.2) is 0 Å². The average Bonchev–Trinajstić information content (AvgIpc) is 3.23. The maximum absolute atomic E-state index is 12.8.